The van der Waals surface area contributed by atoms with Crippen molar-refractivity contribution in [3.8, 4) is 10.4 Å². The molecule has 4 rings (SSSR count). The molecule has 1 fully saturated rings. The summed E-state index contributed by atoms with van der Waals surface area (Å²) >= 11 is 1.53. The van der Waals surface area contributed by atoms with Crippen molar-refractivity contribution in [2.24, 2.45) is 0 Å². The van der Waals surface area contributed by atoms with Crippen LogP contribution in [-0.2, 0) is 11.3 Å². The predicted octanol–water partition coefficient (Wildman–Crippen LogP) is 2.93. The Morgan fingerprint density at radius 2 is 1.96 bits per heavy atom. The Kier molecular flexibility index (Phi) is 5.40. The lowest BCUT2D eigenvalue weighted by Gasteiger charge is -2.33. The number of H-pyrrole nitrogens is 1. The molecule has 3 heterocycles. The van der Waals surface area contributed by atoms with Gasteiger partial charge in [-0.15, -0.1) is 11.3 Å². The number of rotatable bonds is 4. The molecule has 0 bridgehead atoms. The van der Waals surface area contributed by atoms with Gasteiger partial charge in [-0.2, -0.15) is 0 Å². The maximum absolute atomic E-state index is 12.5. The van der Waals surface area contributed by atoms with Crippen LogP contribution in [0.4, 0.5) is 4.79 Å². The van der Waals surface area contributed by atoms with Crippen LogP contribution in [0.25, 0.3) is 20.7 Å². The first-order valence-electron chi connectivity index (χ1n) is 9.36. The zero-order valence-electron chi connectivity index (χ0n) is 15.7. The first-order chi connectivity index (χ1) is 13.6. The van der Waals surface area contributed by atoms with Crippen LogP contribution < -0.4 is 5.56 Å². The van der Waals surface area contributed by atoms with E-state index in [-0.39, 0.29) is 11.7 Å². The molecule has 0 atom stereocenters. The van der Waals surface area contributed by atoms with Crippen LogP contribution in [0.2, 0.25) is 0 Å². The first-order valence-corrected chi connectivity index (χ1v) is 10.2. The second-order valence-electron chi connectivity index (χ2n) is 6.67. The summed E-state index contributed by atoms with van der Waals surface area (Å²) in [4.78, 5) is 37.6. The summed E-state index contributed by atoms with van der Waals surface area (Å²) in [5.74, 6) is 0.656. The first kappa shape index (κ1) is 18.6. The highest BCUT2D eigenvalue weighted by molar-refractivity contribution is 7.21. The van der Waals surface area contributed by atoms with Gasteiger partial charge in [-0.3, -0.25) is 9.69 Å². The highest BCUT2D eigenvalue weighted by atomic mass is 32.1. The van der Waals surface area contributed by atoms with Gasteiger partial charge in [0.15, 0.2) is 0 Å². The summed E-state index contributed by atoms with van der Waals surface area (Å²) in [6.07, 6.45) is -0.262. The van der Waals surface area contributed by atoms with Gasteiger partial charge in [-0.05, 0) is 18.6 Å². The molecule has 3 aromatic rings. The number of hydrogen-bond acceptors (Lipinski definition) is 6. The van der Waals surface area contributed by atoms with Gasteiger partial charge in [0.1, 0.15) is 10.7 Å². The standard InChI is InChI=1S/C20H22N4O3S/c1-2-27-20(26)24-10-8-23(9-11-24)13-17-21-18(25)15-12-16(28-19(15)22-17)14-6-4-3-5-7-14/h3-7,12H,2,8-11,13H2,1H3,(H,21,22,25). The van der Waals surface area contributed by atoms with E-state index >= 15 is 0 Å². The number of fused-ring (bicyclic) bond motifs is 1. The van der Waals surface area contributed by atoms with E-state index < -0.39 is 0 Å². The second-order valence-corrected chi connectivity index (χ2v) is 7.70. The molecule has 8 heteroatoms. The molecule has 0 radical (unpaired) electrons. The van der Waals surface area contributed by atoms with Crippen LogP contribution in [0, 0.1) is 0 Å². The third-order valence-electron chi connectivity index (χ3n) is 4.78. The fourth-order valence-corrected chi connectivity index (χ4v) is 4.37. The van der Waals surface area contributed by atoms with Gasteiger partial charge in [0.25, 0.3) is 5.56 Å². The molecular formula is C20H22N4O3S. The van der Waals surface area contributed by atoms with Crippen LogP contribution in [0.1, 0.15) is 12.7 Å². The molecule has 1 saturated heterocycles. The smallest absolute Gasteiger partial charge is 0.409 e. The Bertz CT molecular complexity index is 1020. The Labute approximate surface area is 166 Å². The van der Waals surface area contributed by atoms with Crippen LogP contribution >= 0.6 is 11.3 Å². The molecule has 1 amide bonds. The van der Waals surface area contributed by atoms with E-state index in [1.54, 1.807) is 11.8 Å². The maximum atomic E-state index is 12.5. The monoisotopic (exact) mass is 398 g/mol. The van der Waals surface area contributed by atoms with Gasteiger partial charge in [-0.1, -0.05) is 30.3 Å². The number of ether oxygens (including phenoxy) is 1. The van der Waals surface area contributed by atoms with Gasteiger partial charge in [0, 0.05) is 31.1 Å². The molecule has 1 aromatic carbocycles. The Balaban J connectivity index is 1.48. The second kappa shape index (κ2) is 8.12. The molecule has 2 aromatic heterocycles. The van der Waals surface area contributed by atoms with E-state index in [9.17, 15) is 9.59 Å². The lowest BCUT2D eigenvalue weighted by Crippen LogP contribution is -2.48. The van der Waals surface area contributed by atoms with E-state index in [1.807, 2.05) is 36.4 Å². The van der Waals surface area contributed by atoms with Crippen LogP contribution in [-0.4, -0.2) is 58.6 Å². The molecule has 146 valence electrons. The van der Waals surface area contributed by atoms with E-state index in [2.05, 4.69) is 14.9 Å². The highest BCUT2D eigenvalue weighted by Gasteiger charge is 2.22. The number of carbonyl (C=O) groups is 1. The summed E-state index contributed by atoms with van der Waals surface area (Å²) in [6, 6.07) is 11.9. The van der Waals surface area contributed by atoms with Crippen molar-refractivity contribution < 1.29 is 9.53 Å². The van der Waals surface area contributed by atoms with E-state index in [4.69, 9.17) is 4.74 Å². The Hall–Kier alpha value is -2.71. The topological polar surface area (TPSA) is 78.5 Å². The quantitative estimate of drug-likeness (QED) is 0.731. The van der Waals surface area contributed by atoms with Crippen molar-refractivity contribution >= 4 is 27.6 Å². The van der Waals surface area contributed by atoms with E-state index in [0.29, 0.717) is 37.5 Å². The number of carbonyl (C=O) groups excluding carboxylic acids is 1. The molecular weight excluding hydrogens is 376 g/mol. The lowest BCUT2D eigenvalue weighted by atomic mass is 10.2. The van der Waals surface area contributed by atoms with Crippen molar-refractivity contribution in [1.29, 1.82) is 0 Å². The minimum Gasteiger partial charge on any atom is -0.450 e. The number of nitrogens with one attached hydrogen (secondary N) is 1. The van der Waals surface area contributed by atoms with Gasteiger partial charge >= 0.3 is 6.09 Å². The normalized spacial score (nSPS) is 15.1. The molecule has 1 aliphatic rings. The van der Waals surface area contributed by atoms with Gasteiger partial charge in [0.2, 0.25) is 0 Å². The summed E-state index contributed by atoms with van der Waals surface area (Å²) in [5.41, 5.74) is 0.977. The highest BCUT2D eigenvalue weighted by Crippen LogP contribution is 2.30. The van der Waals surface area contributed by atoms with Crippen molar-refractivity contribution in [3.63, 3.8) is 0 Å². The number of nitrogens with zero attached hydrogens (tertiary/aromatic N) is 3. The van der Waals surface area contributed by atoms with Crippen LogP contribution in [0.3, 0.4) is 0 Å². The number of thiophene rings is 1. The van der Waals surface area contributed by atoms with Crippen molar-refractivity contribution in [2.75, 3.05) is 32.8 Å². The van der Waals surface area contributed by atoms with Gasteiger partial charge in [0.05, 0.1) is 18.5 Å². The number of aromatic amines is 1. The number of hydrogen-bond donors (Lipinski definition) is 1. The van der Waals surface area contributed by atoms with E-state index in [0.717, 1.165) is 28.4 Å². The average molecular weight is 398 g/mol. The summed E-state index contributed by atoms with van der Waals surface area (Å²) in [6.45, 7) is 5.42. The number of benzene rings is 1. The summed E-state index contributed by atoms with van der Waals surface area (Å²) in [5, 5.41) is 0.625. The average Bonchev–Trinajstić information content (AvgIpc) is 3.14. The van der Waals surface area contributed by atoms with Crippen molar-refractivity contribution in [2.45, 2.75) is 13.5 Å². The minimum absolute atomic E-state index is 0.108. The zero-order chi connectivity index (χ0) is 19.5. The number of aromatic nitrogens is 2. The summed E-state index contributed by atoms with van der Waals surface area (Å²) < 4.78 is 5.05. The number of amides is 1. The Morgan fingerprint density at radius 1 is 1.21 bits per heavy atom. The van der Waals surface area contributed by atoms with Gasteiger partial charge in [-0.25, -0.2) is 9.78 Å². The minimum atomic E-state index is -0.262. The predicted molar refractivity (Wildman–Crippen MR) is 110 cm³/mol. The largest absolute Gasteiger partial charge is 0.450 e. The molecule has 0 spiro atoms. The summed E-state index contributed by atoms with van der Waals surface area (Å²) in [7, 11) is 0. The fourth-order valence-electron chi connectivity index (χ4n) is 3.31. The van der Waals surface area contributed by atoms with Crippen LogP contribution in [0.15, 0.2) is 41.2 Å². The molecule has 1 N–H and O–H groups in total. The third kappa shape index (κ3) is 3.93. The van der Waals surface area contributed by atoms with Crippen molar-refractivity contribution in [3.05, 3.63) is 52.6 Å². The molecule has 1 aliphatic heterocycles. The fraction of sp³-hybridized carbons (Fsp3) is 0.350. The SMILES string of the molecule is CCOC(=O)N1CCN(Cc2nc3sc(-c4ccccc4)cc3c(=O)[nH]2)CC1. The molecule has 7 nitrogen and oxygen atoms in total. The van der Waals surface area contributed by atoms with Crippen LogP contribution in [0.5, 0.6) is 0 Å². The third-order valence-corrected chi connectivity index (χ3v) is 5.86. The van der Waals surface area contributed by atoms with E-state index in [1.165, 1.54) is 11.3 Å². The molecule has 0 aliphatic carbocycles. The number of piperazine rings is 1. The lowest BCUT2D eigenvalue weighted by molar-refractivity contribution is 0.0772. The van der Waals surface area contributed by atoms with Gasteiger partial charge < -0.3 is 14.6 Å². The zero-order valence-corrected chi connectivity index (χ0v) is 16.5. The molecule has 0 unspecified atom stereocenters. The molecule has 0 saturated carbocycles. The molecule has 28 heavy (non-hydrogen) atoms. The Morgan fingerprint density at radius 3 is 2.68 bits per heavy atom. The maximum Gasteiger partial charge on any atom is 0.409 e. The van der Waals surface area contributed by atoms with Crippen molar-refractivity contribution in [1.82, 2.24) is 19.8 Å².